The molecule has 5 heteroatoms. The predicted octanol–water partition coefficient (Wildman–Crippen LogP) is 2.97. The Hall–Kier alpha value is -2.17. The summed E-state index contributed by atoms with van der Waals surface area (Å²) in [4.78, 5) is 24.1. The Bertz CT molecular complexity index is 571. The van der Waals surface area contributed by atoms with Crippen LogP contribution in [-0.4, -0.2) is 24.2 Å². The van der Waals surface area contributed by atoms with Gasteiger partial charge in [-0.1, -0.05) is 36.4 Å². The molecule has 0 bridgehead atoms. The number of benzene rings is 1. The Kier molecular flexibility index (Phi) is 4.64. The van der Waals surface area contributed by atoms with Crippen LogP contribution in [0.2, 0.25) is 0 Å². The predicted molar refractivity (Wildman–Crippen MR) is 78.6 cm³/mol. The SMILES string of the molecule is C=CCC1(C(=O)OCc2ccccc2)CC1(F)C(=O)OCC. The van der Waals surface area contributed by atoms with E-state index in [1.54, 1.807) is 19.1 Å². The Labute approximate surface area is 128 Å². The summed E-state index contributed by atoms with van der Waals surface area (Å²) in [6, 6.07) is 9.08. The minimum atomic E-state index is -2.31. The molecule has 0 heterocycles. The summed E-state index contributed by atoms with van der Waals surface area (Å²) in [5.41, 5.74) is -3.02. The second-order valence-corrected chi connectivity index (χ2v) is 5.34. The minimum absolute atomic E-state index is 0.0376. The van der Waals surface area contributed by atoms with Crippen LogP contribution in [0.4, 0.5) is 4.39 Å². The van der Waals surface area contributed by atoms with Crippen LogP contribution in [-0.2, 0) is 25.7 Å². The fourth-order valence-corrected chi connectivity index (χ4v) is 2.54. The average Bonchev–Trinajstić information content (AvgIpc) is 3.14. The molecule has 0 amide bonds. The maximum Gasteiger partial charge on any atom is 0.345 e. The molecule has 2 unspecified atom stereocenters. The van der Waals surface area contributed by atoms with E-state index in [0.717, 1.165) is 5.56 Å². The third-order valence-corrected chi connectivity index (χ3v) is 3.87. The Morgan fingerprint density at radius 1 is 1.27 bits per heavy atom. The van der Waals surface area contributed by atoms with Crippen molar-refractivity contribution in [1.82, 2.24) is 0 Å². The van der Waals surface area contributed by atoms with Crippen LogP contribution in [0.3, 0.4) is 0 Å². The Morgan fingerprint density at radius 2 is 1.95 bits per heavy atom. The summed E-state index contributed by atoms with van der Waals surface area (Å²) in [6.07, 6.45) is 1.23. The number of alkyl halides is 1. The third-order valence-electron chi connectivity index (χ3n) is 3.87. The van der Waals surface area contributed by atoms with Crippen LogP contribution in [0.25, 0.3) is 0 Å². The number of carbonyl (C=O) groups excluding carboxylic acids is 2. The number of ether oxygens (including phenoxy) is 2. The van der Waals surface area contributed by atoms with E-state index in [1.165, 1.54) is 6.08 Å². The first kappa shape index (κ1) is 16.2. The molecule has 22 heavy (non-hydrogen) atoms. The molecule has 2 atom stereocenters. The first-order valence-electron chi connectivity index (χ1n) is 7.18. The summed E-state index contributed by atoms with van der Waals surface area (Å²) in [5.74, 6) is -1.74. The van der Waals surface area contributed by atoms with Gasteiger partial charge in [0.1, 0.15) is 12.0 Å². The summed E-state index contributed by atoms with van der Waals surface area (Å²) in [7, 11) is 0. The van der Waals surface area contributed by atoms with Crippen molar-refractivity contribution in [3.63, 3.8) is 0 Å². The zero-order valence-electron chi connectivity index (χ0n) is 12.5. The molecule has 1 aromatic rings. The molecule has 2 rings (SSSR count). The van der Waals surface area contributed by atoms with Crippen molar-refractivity contribution < 1.29 is 23.5 Å². The van der Waals surface area contributed by atoms with E-state index in [2.05, 4.69) is 6.58 Å². The highest BCUT2D eigenvalue weighted by Gasteiger charge is 2.79. The molecular weight excluding hydrogens is 287 g/mol. The smallest absolute Gasteiger partial charge is 0.345 e. The van der Waals surface area contributed by atoms with E-state index in [0.29, 0.717) is 0 Å². The molecule has 0 saturated heterocycles. The van der Waals surface area contributed by atoms with Crippen LogP contribution >= 0.6 is 0 Å². The lowest BCUT2D eigenvalue weighted by Crippen LogP contribution is -2.34. The topological polar surface area (TPSA) is 52.6 Å². The van der Waals surface area contributed by atoms with Crippen molar-refractivity contribution in [1.29, 1.82) is 0 Å². The van der Waals surface area contributed by atoms with Gasteiger partial charge in [0.05, 0.1) is 6.61 Å². The van der Waals surface area contributed by atoms with Gasteiger partial charge in [-0.2, -0.15) is 0 Å². The van der Waals surface area contributed by atoms with E-state index in [-0.39, 0.29) is 26.1 Å². The van der Waals surface area contributed by atoms with E-state index >= 15 is 0 Å². The van der Waals surface area contributed by atoms with Crippen LogP contribution in [0.5, 0.6) is 0 Å². The highest BCUT2D eigenvalue weighted by molar-refractivity contribution is 5.97. The molecule has 1 aromatic carbocycles. The normalized spacial score (nSPS) is 26.1. The van der Waals surface area contributed by atoms with Gasteiger partial charge in [0.2, 0.25) is 5.67 Å². The van der Waals surface area contributed by atoms with Gasteiger partial charge in [0.25, 0.3) is 0 Å². The number of hydrogen-bond acceptors (Lipinski definition) is 4. The highest BCUT2D eigenvalue weighted by Crippen LogP contribution is 2.63. The standard InChI is InChI=1S/C17H19FO4/c1-3-10-16(12-17(16,18)15(20)21-4-2)14(19)22-11-13-8-6-5-7-9-13/h3,5-9H,1,4,10-12H2,2H3. The summed E-state index contributed by atoms with van der Waals surface area (Å²) < 4.78 is 24.7. The largest absolute Gasteiger partial charge is 0.464 e. The van der Waals surface area contributed by atoms with Crippen molar-refractivity contribution in [3.05, 3.63) is 48.6 Å². The fraction of sp³-hybridized carbons (Fsp3) is 0.412. The van der Waals surface area contributed by atoms with Gasteiger partial charge >= 0.3 is 11.9 Å². The molecule has 0 radical (unpaired) electrons. The number of rotatable bonds is 7. The average molecular weight is 306 g/mol. The first-order chi connectivity index (χ1) is 10.5. The lowest BCUT2D eigenvalue weighted by Gasteiger charge is -2.17. The molecule has 1 saturated carbocycles. The van der Waals surface area contributed by atoms with Crippen LogP contribution in [0.1, 0.15) is 25.3 Å². The fourth-order valence-electron chi connectivity index (χ4n) is 2.54. The summed E-state index contributed by atoms with van der Waals surface area (Å²) in [6.45, 7) is 5.22. The number of carbonyl (C=O) groups is 2. The lowest BCUT2D eigenvalue weighted by atomic mass is 9.98. The number of hydrogen-bond donors (Lipinski definition) is 0. The summed E-state index contributed by atoms with van der Waals surface area (Å²) in [5, 5.41) is 0. The van der Waals surface area contributed by atoms with Gasteiger partial charge in [-0.15, -0.1) is 6.58 Å². The van der Waals surface area contributed by atoms with E-state index in [9.17, 15) is 14.0 Å². The number of allylic oxidation sites excluding steroid dienone is 1. The monoisotopic (exact) mass is 306 g/mol. The Balaban J connectivity index is 2.07. The van der Waals surface area contributed by atoms with Crippen molar-refractivity contribution in [2.24, 2.45) is 5.41 Å². The lowest BCUT2D eigenvalue weighted by molar-refractivity contribution is -0.162. The molecule has 0 aromatic heterocycles. The van der Waals surface area contributed by atoms with Gasteiger partial charge < -0.3 is 9.47 Å². The van der Waals surface area contributed by atoms with Crippen LogP contribution < -0.4 is 0 Å². The quantitative estimate of drug-likeness (QED) is 0.574. The second-order valence-electron chi connectivity index (χ2n) is 5.34. The second kappa shape index (κ2) is 6.30. The zero-order valence-corrected chi connectivity index (χ0v) is 12.5. The molecule has 0 N–H and O–H groups in total. The van der Waals surface area contributed by atoms with Gasteiger partial charge in [-0.05, 0) is 18.9 Å². The molecule has 0 aliphatic heterocycles. The number of esters is 2. The molecule has 4 nitrogen and oxygen atoms in total. The van der Waals surface area contributed by atoms with E-state index in [1.807, 2.05) is 18.2 Å². The molecule has 1 aliphatic carbocycles. The van der Waals surface area contributed by atoms with Gasteiger partial charge in [0.15, 0.2) is 0 Å². The van der Waals surface area contributed by atoms with Crippen LogP contribution in [0.15, 0.2) is 43.0 Å². The molecule has 0 spiro atoms. The van der Waals surface area contributed by atoms with Gasteiger partial charge in [-0.25, -0.2) is 9.18 Å². The van der Waals surface area contributed by atoms with Crippen molar-refractivity contribution in [2.45, 2.75) is 32.0 Å². The van der Waals surface area contributed by atoms with Crippen molar-refractivity contribution in [2.75, 3.05) is 6.61 Å². The number of halogens is 1. The zero-order chi connectivity index (χ0) is 16.2. The maximum atomic E-state index is 14.7. The molecule has 118 valence electrons. The van der Waals surface area contributed by atoms with Gasteiger partial charge in [-0.3, -0.25) is 4.79 Å². The minimum Gasteiger partial charge on any atom is -0.464 e. The maximum absolute atomic E-state index is 14.7. The first-order valence-corrected chi connectivity index (χ1v) is 7.18. The summed E-state index contributed by atoms with van der Waals surface area (Å²) >= 11 is 0. The van der Waals surface area contributed by atoms with E-state index in [4.69, 9.17) is 9.47 Å². The van der Waals surface area contributed by atoms with Crippen molar-refractivity contribution in [3.8, 4) is 0 Å². The molecular formula is C17H19FO4. The third kappa shape index (κ3) is 2.75. The van der Waals surface area contributed by atoms with Crippen molar-refractivity contribution >= 4 is 11.9 Å². The Morgan fingerprint density at radius 3 is 2.55 bits per heavy atom. The van der Waals surface area contributed by atoms with Crippen LogP contribution in [0, 0.1) is 5.41 Å². The molecule has 1 fully saturated rings. The highest BCUT2D eigenvalue weighted by atomic mass is 19.1. The van der Waals surface area contributed by atoms with Gasteiger partial charge in [0, 0.05) is 6.42 Å². The molecule has 1 aliphatic rings. The van der Waals surface area contributed by atoms with E-state index < -0.39 is 23.0 Å².